The SMILES string of the molecule is CCC(OCCOC)OC(=O)c1ccc(C(=O)c2ccccc2)cc1. The van der Waals surface area contributed by atoms with Crippen molar-refractivity contribution in [2.24, 2.45) is 0 Å². The highest BCUT2D eigenvalue weighted by Gasteiger charge is 2.16. The fourth-order valence-electron chi connectivity index (χ4n) is 2.20. The first-order valence-electron chi connectivity index (χ1n) is 8.17. The summed E-state index contributed by atoms with van der Waals surface area (Å²) in [5.41, 5.74) is 1.50. The fourth-order valence-corrected chi connectivity index (χ4v) is 2.20. The topological polar surface area (TPSA) is 61.8 Å². The zero-order valence-corrected chi connectivity index (χ0v) is 14.4. The van der Waals surface area contributed by atoms with Crippen LogP contribution >= 0.6 is 0 Å². The van der Waals surface area contributed by atoms with Crippen LogP contribution in [0.2, 0.25) is 0 Å². The molecule has 132 valence electrons. The monoisotopic (exact) mass is 342 g/mol. The normalized spacial score (nSPS) is 11.8. The molecular weight excluding hydrogens is 320 g/mol. The third-order valence-corrected chi connectivity index (χ3v) is 3.58. The van der Waals surface area contributed by atoms with Gasteiger partial charge in [-0.25, -0.2) is 4.79 Å². The van der Waals surface area contributed by atoms with Crippen LogP contribution in [0.4, 0.5) is 0 Å². The molecule has 2 aromatic carbocycles. The summed E-state index contributed by atoms with van der Waals surface area (Å²) in [5, 5.41) is 0. The molecule has 0 N–H and O–H groups in total. The van der Waals surface area contributed by atoms with Crippen molar-refractivity contribution in [3.63, 3.8) is 0 Å². The zero-order valence-electron chi connectivity index (χ0n) is 14.4. The van der Waals surface area contributed by atoms with E-state index in [1.165, 1.54) is 0 Å². The van der Waals surface area contributed by atoms with Gasteiger partial charge in [0.1, 0.15) is 0 Å². The Bertz CT molecular complexity index is 679. The first-order valence-corrected chi connectivity index (χ1v) is 8.17. The Morgan fingerprint density at radius 2 is 1.48 bits per heavy atom. The molecule has 0 amide bonds. The van der Waals surface area contributed by atoms with Gasteiger partial charge in [0, 0.05) is 24.7 Å². The van der Waals surface area contributed by atoms with Crippen LogP contribution in [0.5, 0.6) is 0 Å². The van der Waals surface area contributed by atoms with E-state index in [1.807, 2.05) is 25.1 Å². The predicted molar refractivity (Wildman–Crippen MR) is 93.6 cm³/mol. The van der Waals surface area contributed by atoms with Crippen LogP contribution in [0.3, 0.4) is 0 Å². The molecule has 0 saturated carbocycles. The average Bonchev–Trinajstić information content (AvgIpc) is 2.67. The van der Waals surface area contributed by atoms with Crippen LogP contribution in [-0.4, -0.2) is 38.4 Å². The fraction of sp³-hybridized carbons (Fsp3) is 0.300. The number of methoxy groups -OCH3 is 1. The maximum absolute atomic E-state index is 12.4. The van der Waals surface area contributed by atoms with Crippen LogP contribution in [0, 0.1) is 0 Å². The van der Waals surface area contributed by atoms with Gasteiger partial charge in [0.05, 0.1) is 18.8 Å². The van der Waals surface area contributed by atoms with Crippen LogP contribution in [0.1, 0.15) is 39.6 Å². The van der Waals surface area contributed by atoms with E-state index in [2.05, 4.69) is 0 Å². The lowest BCUT2D eigenvalue weighted by Crippen LogP contribution is -2.22. The molecular formula is C20H22O5. The lowest BCUT2D eigenvalue weighted by Gasteiger charge is -2.16. The molecule has 5 nitrogen and oxygen atoms in total. The van der Waals surface area contributed by atoms with Crippen molar-refractivity contribution in [2.45, 2.75) is 19.6 Å². The van der Waals surface area contributed by atoms with Crippen LogP contribution < -0.4 is 0 Å². The summed E-state index contributed by atoms with van der Waals surface area (Å²) in [6.45, 7) is 2.66. The van der Waals surface area contributed by atoms with E-state index < -0.39 is 12.3 Å². The minimum absolute atomic E-state index is 0.0881. The molecule has 1 atom stereocenters. The quantitative estimate of drug-likeness (QED) is 0.302. The Labute approximate surface area is 147 Å². The van der Waals surface area contributed by atoms with Gasteiger partial charge < -0.3 is 14.2 Å². The Morgan fingerprint density at radius 1 is 0.880 bits per heavy atom. The number of ether oxygens (including phenoxy) is 3. The van der Waals surface area contributed by atoms with Gasteiger partial charge in [-0.2, -0.15) is 0 Å². The minimum atomic E-state index is -0.617. The maximum atomic E-state index is 12.4. The Hall–Kier alpha value is -2.50. The number of hydrogen-bond acceptors (Lipinski definition) is 5. The summed E-state index contributed by atoms with van der Waals surface area (Å²) < 4.78 is 15.6. The molecule has 2 rings (SSSR count). The third kappa shape index (κ3) is 5.52. The van der Waals surface area contributed by atoms with Gasteiger partial charge in [-0.3, -0.25) is 4.79 Å². The van der Waals surface area contributed by atoms with Crippen molar-refractivity contribution >= 4 is 11.8 Å². The molecule has 0 aliphatic heterocycles. The van der Waals surface area contributed by atoms with Gasteiger partial charge in [0.25, 0.3) is 0 Å². The highest BCUT2D eigenvalue weighted by molar-refractivity contribution is 6.09. The van der Waals surface area contributed by atoms with Crippen molar-refractivity contribution in [1.29, 1.82) is 0 Å². The molecule has 0 heterocycles. The first kappa shape index (κ1) is 18.8. The molecule has 0 aromatic heterocycles. The Balaban J connectivity index is 1.99. The molecule has 0 saturated heterocycles. The van der Waals surface area contributed by atoms with Crippen molar-refractivity contribution in [3.8, 4) is 0 Å². The summed E-state index contributed by atoms with van der Waals surface area (Å²) in [4.78, 5) is 24.5. The molecule has 0 fully saturated rings. The molecule has 2 aromatic rings. The first-order chi connectivity index (χ1) is 12.2. The van der Waals surface area contributed by atoms with Crippen molar-refractivity contribution in [2.75, 3.05) is 20.3 Å². The maximum Gasteiger partial charge on any atom is 0.340 e. The largest absolute Gasteiger partial charge is 0.432 e. The highest BCUT2D eigenvalue weighted by Crippen LogP contribution is 2.13. The second-order valence-corrected chi connectivity index (χ2v) is 5.38. The molecule has 5 heteroatoms. The van der Waals surface area contributed by atoms with E-state index in [-0.39, 0.29) is 5.78 Å². The summed E-state index contributed by atoms with van der Waals surface area (Å²) >= 11 is 0. The van der Waals surface area contributed by atoms with E-state index in [1.54, 1.807) is 43.5 Å². The number of carbonyl (C=O) groups excluding carboxylic acids is 2. The standard InChI is InChI=1S/C20H22O5/c1-3-18(24-14-13-23-2)25-20(22)17-11-9-16(10-12-17)19(21)15-7-5-4-6-8-15/h4-12,18H,3,13-14H2,1-2H3. The predicted octanol–water partition coefficient (Wildman–Crippen LogP) is 3.47. The smallest absolute Gasteiger partial charge is 0.340 e. The molecule has 25 heavy (non-hydrogen) atoms. The van der Waals surface area contributed by atoms with Crippen molar-refractivity contribution < 1.29 is 23.8 Å². The van der Waals surface area contributed by atoms with Gasteiger partial charge in [0.15, 0.2) is 5.78 Å². The number of ketones is 1. The van der Waals surface area contributed by atoms with Gasteiger partial charge >= 0.3 is 5.97 Å². The summed E-state index contributed by atoms with van der Waals surface area (Å²) in [5.74, 6) is -0.571. The number of esters is 1. The Kier molecular flexibility index (Phi) is 7.32. The van der Waals surface area contributed by atoms with Crippen molar-refractivity contribution in [1.82, 2.24) is 0 Å². The number of hydrogen-bond donors (Lipinski definition) is 0. The molecule has 0 radical (unpaired) electrons. The van der Waals surface area contributed by atoms with E-state index in [0.717, 1.165) is 0 Å². The van der Waals surface area contributed by atoms with E-state index >= 15 is 0 Å². The van der Waals surface area contributed by atoms with Gasteiger partial charge in [-0.15, -0.1) is 0 Å². The summed E-state index contributed by atoms with van der Waals surface area (Å²) in [7, 11) is 1.58. The number of rotatable bonds is 9. The molecule has 0 aliphatic rings. The molecule has 0 aliphatic carbocycles. The van der Waals surface area contributed by atoms with E-state index in [9.17, 15) is 9.59 Å². The van der Waals surface area contributed by atoms with Gasteiger partial charge in [-0.05, 0) is 12.1 Å². The number of carbonyl (C=O) groups is 2. The van der Waals surface area contributed by atoms with Crippen molar-refractivity contribution in [3.05, 3.63) is 71.3 Å². The average molecular weight is 342 g/mol. The summed E-state index contributed by atoms with van der Waals surface area (Å²) in [6, 6.07) is 15.4. The second-order valence-electron chi connectivity index (χ2n) is 5.38. The van der Waals surface area contributed by atoms with E-state index in [0.29, 0.717) is 36.3 Å². The van der Waals surface area contributed by atoms with E-state index in [4.69, 9.17) is 14.2 Å². The summed E-state index contributed by atoms with van der Waals surface area (Å²) in [6.07, 6.45) is -0.0756. The highest BCUT2D eigenvalue weighted by atomic mass is 16.7. The third-order valence-electron chi connectivity index (χ3n) is 3.58. The lowest BCUT2D eigenvalue weighted by atomic mass is 10.0. The minimum Gasteiger partial charge on any atom is -0.432 e. The molecule has 0 bridgehead atoms. The van der Waals surface area contributed by atoms with Crippen LogP contribution in [0.15, 0.2) is 54.6 Å². The van der Waals surface area contributed by atoms with Crippen LogP contribution in [0.25, 0.3) is 0 Å². The van der Waals surface area contributed by atoms with Gasteiger partial charge in [-0.1, -0.05) is 49.4 Å². The Morgan fingerprint density at radius 3 is 2.08 bits per heavy atom. The second kappa shape index (κ2) is 9.71. The molecule has 0 spiro atoms. The van der Waals surface area contributed by atoms with Crippen LogP contribution in [-0.2, 0) is 14.2 Å². The van der Waals surface area contributed by atoms with Gasteiger partial charge in [0.2, 0.25) is 6.29 Å². The zero-order chi connectivity index (χ0) is 18.1. The number of benzene rings is 2. The molecule has 1 unspecified atom stereocenters. The lowest BCUT2D eigenvalue weighted by molar-refractivity contribution is -0.119.